The first-order valence-electron chi connectivity index (χ1n) is 8.43. The van der Waals surface area contributed by atoms with Gasteiger partial charge in [0.15, 0.2) is 0 Å². The lowest BCUT2D eigenvalue weighted by molar-refractivity contribution is -0.125. The van der Waals surface area contributed by atoms with Gasteiger partial charge in [0.05, 0.1) is 19.1 Å². The molecule has 0 spiro atoms. The lowest BCUT2D eigenvalue weighted by atomic mass is 9.79. The summed E-state index contributed by atoms with van der Waals surface area (Å²) in [5.74, 6) is 3.81. The number of ether oxygens (including phenoxy) is 1. The van der Waals surface area contributed by atoms with Crippen LogP contribution in [-0.4, -0.2) is 37.7 Å². The van der Waals surface area contributed by atoms with E-state index in [1.807, 2.05) is 0 Å². The highest BCUT2D eigenvalue weighted by Crippen LogP contribution is 2.58. The summed E-state index contributed by atoms with van der Waals surface area (Å²) in [4.78, 5) is 12.2. The maximum Gasteiger partial charge on any atom is 0.222 e. The molecule has 6 unspecified atom stereocenters. The fourth-order valence-electron chi connectivity index (χ4n) is 5.46. The van der Waals surface area contributed by atoms with E-state index < -0.39 is 0 Å². The van der Waals surface area contributed by atoms with Crippen molar-refractivity contribution in [2.45, 2.75) is 50.7 Å². The molecule has 0 aromatic carbocycles. The molecule has 1 saturated heterocycles. The zero-order chi connectivity index (χ0) is 13.5. The highest BCUT2D eigenvalue weighted by atomic mass is 16.5. The number of hydrogen-bond donors (Lipinski definition) is 2. The third-order valence-electron chi connectivity index (χ3n) is 6.19. The summed E-state index contributed by atoms with van der Waals surface area (Å²) in [7, 11) is 0. The van der Waals surface area contributed by atoms with Gasteiger partial charge in [-0.1, -0.05) is 6.42 Å². The van der Waals surface area contributed by atoms with Gasteiger partial charge in [-0.3, -0.25) is 4.79 Å². The van der Waals surface area contributed by atoms with Gasteiger partial charge in [0, 0.05) is 19.1 Å². The molecule has 6 atom stereocenters. The molecule has 4 aliphatic rings. The van der Waals surface area contributed by atoms with E-state index in [-0.39, 0.29) is 12.0 Å². The fourth-order valence-corrected chi connectivity index (χ4v) is 5.46. The van der Waals surface area contributed by atoms with E-state index in [1.165, 1.54) is 32.1 Å². The number of morpholine rings is 1. The first-order chi connectivity index (χ1) is 9.81. The average molecular weight is 278 g/mol. The molecule has 4 fully saturated rings. The van der Waals surface area contributed by atoms with E-state index in [2.05, 4.69) is 10.6 Å². The van der Waals surface area contributed by atoms with Crippen molar-refractivity contribution in [2.75, 3.05) is 19.7 Å². The Balaban J connectivity index is 1.30. The Morgan fingerprint density at radius 1 is 1.20 bits per heavy atom. The summed E-state index contributed by atoms with van der Waals surface area (Å²) in [6.07, 6.45) is 7.49. The van der Waals surface area contributed by atoms with E-state index in [0.717, 1.165) is 43.4 Å². The second kappa shape index (κ2) is 5.30. The van der Waals surface area contributed by atoms with Crippen LogP contribution >= 0.6 is 0 Å². The Morgan fingerprint density at radius 3 is 2.95 bits per heavy atom. The maximum atomic E-state index is 12.2. The molecule has 4 nitrogen and oxygen atoms in total. The number of hydrogen-bond acceptors (Lipinski definition) is 3. The van der Waals surface area contributed by atoms with Gasteiger partial charge in [-0.05, 0) is 49.4 Å². The number of rotatable bonds is 3. The molecule has 112 valence electrons. The van der Waals surface area contributed by atoms with Gasteiger partial charge in [-0.2, -0.15) is 0 Å². The summed E-state index contributed by atoms with van der Waals surface area (Å²) < 4.78 is 5.62. The van der Waals surface area contributed by atoms with Crippen LogP contribution in [0.15, 0.2) is 0 Å². The van der Waals surface area contributed by atoms with E-state index in [0.29, 0.717) is 12.5 Å². The Hall–Kier alpha value is -0.610. The second-order valence-corrected chi connectivity index (χ2v) is 7.23. The van der Waals surface area contributed by atoms with Gasteiger partial charge in [-0.15, -0.1) is 0 Å². The first-order valence-corrected chi connectivity index (χ1v) is 8.43. The quantitative estimate of drug-likeness (QED) is 0.818. The minimum atomic E-state index is 0.0709. The first kappa shape index (κ1) is 13.1. The predicted molar refractivity (Wildman–Crippen MR) is 76.2 cm³/mol. The van der Waals surface area contributed by atoms with Crippen molar-refractivity contribution in [3.05, 3.63) is 0 Å². The lowest BCUT2D eigenvalue weighted by Gasteiger charge is -2.32. The summed E-state index contributed by atoms with van der Waals surface area (Å²) in [6.45, 7) is 2.46. The number of fused-ring (bicyclic) bond motifs is 5. The zero-order valence-corrected chi connectivity index (χ0v) is 12.1. The van der Waals surface area contributed by atoms with Gasteiger partial charge in [0.25, 0.3) is 0 Å². The van der Waals surface area contributed by atoms with E-state index in [9.17, 15) is 4.79 Å². The molecule has 3 aliphatic carbocycles. The van der Waals surface area contributed by atoms with Crippen LogP contribution in [0.1, 0.15) is 38.5 Å². The van der Waals surface area contributed by atoms with Crippen LogP contribution in [0.3, 0.4) is 0 Å². The van der Waals surface area contributed by atoms with Crippen LogP contribution in [0.2, 0.25) is 0 Å². The average Bonchev–Trinajstić information content (AvgIpc) is 3.11. The van der Waals surface area contributed by atoms with Gasteiger partial charge < -0.3 is 15.4 Å². The van der Waals surface area contributed by atoms with E-state index in [4.69, 9.17) is 4.74 Å². The Morgan fingerprint density at radius 2 is 2.10 bits per heavy atom. The minimum Gasteiger partial charge on any atom is -0.375 e. The summed E-state index contributed by atoms with van der Waals surface area (Å²) >= 11 is 0. The van der Waals surface area contributed by atoms with Crippen molar-refractivity contribution in [1.82, 2.24) is 10.6 Å². The Bertz CT molecular complexity index is 381. The topological polar surface area (TPSA) is 50.4 Å². The van der Waals surface area contributed by atoms with Crippen LogP contribution in [0.4, 0.5) is 0 Å². The Kier molecular flexibility index (Phi) is 3.47. The third-order valence-corrected chi connectivity index (χ3v) is 6.19. The smallest absolute Gasteiger partial charge is 0.222 e. The van der Waals surface area contributed by atoms with Crippen LogP contribution < -0.4 is 10.6 Å². The number of amides is 1. The fraction of sp³-hybridized carbons (Fsp3) is 0.938. The maximum absolute atomic E-state index is 12.2. The minimum absolute atomic E-state index is 0.0709. The SMILES string of the molecule is O=C(CC1CNCCO1)NC1CC2CC1C1CCCC21. The highest BCUT2D eigenvalue weighted by Gasteiger charge is 2.53. The molecule has 2 bridgehead atoms. The molecule has 3 saturated carbocycles. The van der Waals surface area contributed by atoms with Crippen molar-refractivity contribution in [1.29, 1.82) is 0 Å². The molecular formula is C16H26N2O2. The van der Waals surface area contributed by atoms with Gasteiger partial charge >= 0.3 is 0 Å². The summed E-state index contributed by atoms with van der Waals surface area (Å²) in [5.41, 5.74) is 0. The molecule has 4 rings (SSSR count). The molecule has 20 heavy (non-hydrogen) atoms. The lowest BCUT2D eigenvalue weighted by Crippen LogP contribution is -2.46. The van der Waals surface area contributed by atoms with Crippen LogP contribution in [0, 0.1) is 23.7 Å². The molecule has 2 N–H and O–H groups in total. The van der Waals surface area contributed by atoms with Crippen LogP contribution in [0.5, 0.6) is 0 Å². The van der Waals surface area contributed by atoms with Crippen molar-refractivity contribution < 1.29 is 9.53 Å². The summed E-state index contributed by atoms with van der Waals surface area (Å²) in [6, 6.07) is 0.461. The monoisotopic (exact) mass is 278 g/mol. The summed E-state index contributed by atoms with van der Waals surface area (Å²) in [5, 5.41) is 6.61. The number of nitrogens with one attached hydrogen (secondary N) is 2. The van der Waals surface area contributed by atoms with Crippen molar-refractivity contribution in [3.8, 4) is 0 Å². The number of carbonyl (C=O) groups excluding carboxylic acids is 1. The third kappa shape index (κ3) is 2.27. The van der Waals surface area contributed by atoms with Gasteiger partial charge in [-0.25, -0.2) is 0 Å². The van der Waals surface area contributed by atoms with Crippen molar-refractivity contribution in [3.63, 3.8) is 0 Å². The van der Waals surface area contributed by atoms with E-state index in [1.54, 1.807) is 0 Å². The number of carbonyl (C=O) groups is 1. The Labute approximate surface area is 121 Å². The van der Waals surface area contributed by atoms with Gasteiger partial charge in [0.2, 0.25) is 5.91 Å². The molecule has 1 aliphatic heterocycles. The molecular weight excluding hydrogens is 252 g/mol. The van der Waals surface area contributed by atoms with Crippen LogP contribution in [-0.2, 0) is 9.53 Å². The molecule has 0 radical (unpaired) electrons. The normalized spacial score (nSPS) is 46.4. The molecule has 0 aromatic heterocycles. The largest absolute Gasteiger partial charge is 0.375 e. The molecule has 0 aromatic rings. The predicted octanol–water partition coefficient (Wildman–Crippen LogP) is 1.31. The molecule has 4 heteroatoms. The van der Waals surface area contributed by atoms with Crippen molar-refractivity contribution >= 4 is 5.91 Å². The van der Waals surface area contributed by atoms with E-state index >= 15 is 0 Å². The molecule has 1 amide bonds. The standard InChI is InChI=1S/C16H26N2O2/c19-16(8-11-9-17-4-5-20-11)18-15-7-10-6-14(15)13-3-1-2-12(10)13/h10-15,17H,1-9H2,(H,18,19). The second-order valence-electron chi connectivity index (χ2n) is 7.23. The van der Waals surface area contributed by atoms with Crippen LogP contribution in [0.25, 0.3) is 0 Å². The molecule has 1 heterocycles. The van der Waals surface area contributed by atoms with Gasteiger partial charge in [0.1, 0.15) is 0 Å². The van der Waals surface area contributed by atoms with Crippen molar-refractivity contribution in [2.24, 2.45) is 23.7 Å². The zero-order valence-electron chi connectivity index (χ0n) is 12.1. The highest BCUT2D eigenvalue weighted by molar-refractivity contribution is 5.77.